The van der Waals surface area contributed by atoms with E-state index in [2.05, 4.69) is 10.4 Å². The summed E-state index contributed by atoms with van der Waals surface area (Å²) in [6, 6.07) is -0.674. The highest BCUT2D eigenvalue weighted by Gasteiger charge is 2.32. The van der Waals surface area contributed by atoms with Crippen LogP contribution in [0.15, 0.2) is 0 Å². The number of carboxylic acids is 1. The number of halogens is 1. The molecule has 1 atom stereocenters. The number of aliphatic carboxylic acids is 1. The highest BCUT2D eigenvalue weighted by molar-refractivity contribution is 6.31. The Morgan fingerprint density at radius 1 is 1.60 bits per heavy atom. The number of aryl methyl sites for hydroxylation is 2. The molecule has 0 bridgehead atoms. The maximum Gasteiger partial charge on any atom is 0.305 e. The Balaban J connectivity index is 2.20. The Kier molecular flexibility index (Phi) is 4.29. The molecule has 0 aromatic carbocycles. The van der Waals surface area contributed by atoms with Gasteiger partial charge in [0.05, 0.1) is 22.8 Å². The van der Waals surface area contributed by atoms with Gasteiger partial charge in [-0.3, -0.25) is 19.2 Å². The van der Waals surface area contributed by atoms with Crippen molar-refractivity contribution in [1.29, 1.82) is 0 Å². The molecule has 0 spiro atoms. The van der Waals surface area contributed by atoms with Gasteiger partial charge in [0.2, 0.25) is 5.91 Å². The van der Waals surface area contributed by atoms with Gasteiger partial charge in [-0.25, -0.2) is 0 Å². The lowest BCUT2D eigenvalue weighted by molar-refractivity contribution is -0.143. The van der Waals surface area contributed by atoms with E-state index in [-0.39, 0.29) is 12.3 Å². The van der Waals surface area contributed by atoms with E-state index >= 15 is 0 Å². The van der Waals surface area contributed by atoms with Crippen LogP contribution < -0.4 is 5.32 Å². The molecule has 1 aromatic rings. The number of aromatic nitrogens is 2. The predicted molar refractivity (Wildman–Crippen MR) is 72.4 cm³/mol. The predicted octanol–water partition coefficient (Wildman–Crippen LogP) is 0.157. The van der Waals surface area contributed by atoms with Crippen molar-refractivity contribution in [3.8, 4) is 0 Å². The first-order valence-corrected chi connectivity index (χ1v) is 6.69. The van der Waals surface area contributed by atoms with Gasteiger partial charge in [0.15, 0.2) is 0 Å². The minimum atomic E-state index is -0.996. The summed E-state index contributed by atoms with van der Waals surface area (Å²) in [5.41, 5.74) is 1.51. The van der Waals surface area contributed by atoms with Gasteiger partial charge in [-0.05, 0) is 6.92 Å². The van der Waals surface area contributed by atoms with Crippen molar-refractivity contribution in [2.24, 2.45) is 7.05 Å². The van der Waals surface area contributed by atoms with E-state index in [9.17, 15) is 9.59 Å². The highest BCUT2D eigenvalue weighted by Crippen LogP contribution is 2.22. The van der Waals surface area contributed by atoms with E-state index in [0.717, 1.165) is 11.4 Å². The fourth-order valence-electron chi connectivity index (χ4n) is 2.38. The van der Waals surface area contributed by atoms with Gasteiger partial charge < -0.3 is 10.4 Å². The van der Waals surface area contributed by atoms with Crippen LogP contribution in [0.5, 0.6) is 0 Å². The quantitative estimate of drug-likeness (QED) is 0.827. The van der Waals surface area contributed by atoms with Gasteiger partial charge in [-0.2, -0.15) is 5.10 Å². The van der Waals surface area contributed by atoms with Crippen LogP contribution in [0.2, 0.25) is 5.02 Å². The van der Waals surface area contributed by atoms with E-state index in [0.29, 0.717) is 24.7 Å². The van der Waals surface area contributed by atoms with Gasteiger partial charge in [0.25, 0.3) is 0 Å². The molecule has 0 aliphatic carbocycles. The number of hydrogen-bond donors (Lipinski definition) is 2. The third kappa shape index (κ3) is 2.94. The Labute approximate surface area is 121 Å². The largest absolute Gasteiger partial charge is 0.481 e. The van der Waals surface area contributed by atoms with Gasteiger partial charge in [-0.1, -0.05) is 11.6 Å². The monoisotopic (exact) mass is 300 g/mol. The molecule has 1 aliphatic rings. The summed E-state index contributed by atoms with van der Waals surface area (Å²) < 4.78 is 1.67. The zero-order chi connectivity index (χ0) is 14.9. The number of carboxylic acid groups (broad SMARTS) is 1. The lowest BCUT2D eigenvalue weighted by Gasteiger charge is -2.34. The van der Waals surface area contributed by atoms with E-state index in [4.69, 9.17) is 16.7 Å². The fourth-order valence-corrected chi connectivity index (χ4v) is 2.60. The molecule has 20 heavy (non-hydrogen) atoms. The molecule has 1 unspecified atom stereocenters. The van der Waals surface area contributed by atoms with Gasteiger partial charge in [0, 0.05) is 26.7 Å². The molecule has 1 aliphatic heterocycles. The molecule has 2 heterocycles. The molecule has 8 heteroatoms. The molecule has 2 rings (SSSR count). The van der Waals surface area contributed by atoms with Crippen LogP contribution in [0.25, 0.3) is 0 Å². The Morgan fingerprint density at radius 3 is 2.85 bits per heavy atom. The summed E-state index contributed by atoms with van der Waals surface area (Å²) in [6.07, 6.45) is -0.222. The fraction of sp³-hybridized carbons (Fsp3) is 0.583. The molecule has 1 fully saturated rings. The second-order valence-electron chi connectivity index (χ2n) is 4.84. The molecule has 0 saturated carbocycles. The first kappa shape index (κ1) is 14.8. The SMILES string of the molecule is Cc1nn(C)c(CN2CCNC(=O)C2CC(=O)O)c1Cl. The van der Waals surface area contributed by atoms with E-state index in [1.54, 1.807) is 11.7 Å². The highest BCUT2D eigenvalue weighted by atomic mass is 35.5. The smallest absolute Gasteiger partial charge is 0.305 e. The van der Waals surface area contributed by atoms with E-state index < -0.39 is 12.0 Å². The molecule has 2 N–H and O–H groups in total. The molecule has 1 aromatic heterocycles. The van der Waals surface area contributed by atoms with Crippen molar-refractivity contribution >= 4 is 23.5 Å². The van der Waals surface area contributed by atoms with Gasteiger partial charge in [0.1, 0.15) is 6.04 Å². The summed E-state index contributed by atoms with van der Waals surface area (Å²) in [4.78, 5) is 24.6. The Morgan fingerprint density at radius 2 is 2.30 bits per heavy atom. The number of carbonyl (C=O) groups is 2. The maximum absolute atomic E-state index is 11.8. The second kappa shape index (κ2) is 5.80. The molecule has 1 saturated heterocycles. The number of hydrogen-bond acceptors (Lipinski definition) is 4. The number of nitrogens with zero attached hydrogens (tertiary/aromatic N) is 3. The molecule has 1 amide bonds. The Bertz CT molecular complexity index is 543. The second-order valence-corrected chi connectivity index (χ2v) is 5.22. The molecule has 7 nitrogen and oxygen atoms in total. The van der Waals surface area contributed by atoms with E-state index in [1.165, 1.54) is 0 Å². The van der Waals surface area contributed by atoms with Crippen LogP contribution in [0.4, 0.5) is 0 Å². The van der Waals surface area contributed by atoms with Gasteiger partial charge >= 0.3 is 5.97 Å². The Hall–Kier alpha value is -1.60. The summed E-state index contributed by atoms with van der Waals surface area (Å²) in [6.45, 7) is 3.30. The van der Waals surface area contributed by atoms with Crippen molar-refractivity contribution in [1.82, 2.24) is 20.0 Å². The third-order valence-corrected chi connectivity index (χ3v) is 3.92. The first-order valence-electron chi connectivity index (χ1n) is 6.31. The average molecular weight is 301 g/mol. The number of nitrogens with one attached hydrogen (secondary N) is 1. The number of amides is 1. The lowest BCUT2D eigenvalue weighted by Crippen LogP contribution is -2.55. The topological polar surface area (TPSA) is 87.5 Å². The molecule has 0 radical (unpaired) electrons. The minimum Gasteiger partial charge on any atom is -0.481 e. The van der Waals surface area contributed by atoms with Gasteiger partial charge in [-0.15, -0.1) is 0 Å². The lowest BCUT2D eigenvalue weighted by atomic mass is 10.1. The van der Waals surface area contributed by atoms with Crippen molar-refractivity contribution in [3.05, 3.63) is 16.4 Å². The first-order chi connectivity index (χ1) is 9.40. The van der Waals surface area contributed by atoms with Crippen LogP contribution in [0.3, 0.4) is 0 Å². The molecular weight excluding hydrogens is 284 g/mol. The standard InChI is InChI=1S/C12H17ClN4O3/c1-7-11(13)9(16(2)15-7)6-17-4-3-14-12(20)8(17)5-10(18)19/h8H,3-6H2,1-2H3,(H,14,20)(H,18,19). The van der Waals surface area contributed by atoms with Crippen LogP contribution >= 0.6 is 11.6 Å². The zero-order valence-electron chi connectivity index (χ0n) is 11.4. The molecular formula is C12H17ClN4O3. The summed E-state index contributed by atoms with van der Waals surface area (Å²) in [5, 5.41) is 16.4. The van der Waals surface area contributed by atoms with Crippen LogP contribution in [0, 0.1) is 6.92 Å². The van der Waals surface area contributed by atoms with Crippen LogP contribution in [-0.4, -0.2) is 50.8 Å². The summed E-state index contributed by atoms with van der Waals surface area (Å²) >= 11 is 6.20. The van der Waals surface area contributed by atoms with Crippen LogP contribution in [-0.2, 0) is 23.2 Å². The van der Waals surface area contributed by atoms with Crippen molar-refractivity contribution in [2.45, 2.75) is 25.9 Å². The van der Waals surface area contributed by atoms with Crippen molar-refractivity contribution in [3.63, 3.8) is 0 Å². The third-order valence-electron chi connectivity index (χ3n) is 3.42. The zero-order valence-corrected chi connectivity index (χ0v) is 12.1. The summed E-state index contributed by atoms with van der Waals surface area (Å²) in [5.74, 6) is -1.25. The number of piperazine rings is 1. The minimum absolute atomic E-state index is 0.222. The number of carbonyl (C=O) groups excluding carboxylic acids is 1. The molecule has 110 valence electrons. The normalized spacial score (nSPS) is 19.9. The van der Waals surface area contributed by atoms with Crippen molar-refractivity contribution < 1.29 is 14.7 Å². The van der Waals surface area contributed by atoms with Crippen molar-refractivity contribution in [2.75, 3.05) is 13.1 Å². The van der Waals surface area contributed by atoms with Crippen LogP contribution in [0.1, 0.15) is 17.8 Å². The van der Waals surface area contributed by atoms with E-state index in [1.807, 2.05) is 11.8 Å². The maximum atomic E-state index is 11.8. The summed E-state index contributed by atoms with van der Waals surface area (Å²) in [7, 11) is 1.78. The number of rotatable bonds is 4. The average Bonchev–Trinajstić information content (AvgIpc) is 2.60.